The number of rotatable bonds is 6. The Bertz CT molecular complexity index is 337. The molecule has 0 fully saturated rings. The van der Waals surface area contributed by atoms with E-state index in [0.717, 1.165) is 6.54 Å². The summed E-state index contributed by atoms with van der Waals surface area (Å²) in [6, 6.07) is 0. The smallest absolute Gasteiger partial charge is 0.236 e. The van der Waals surface area contributed by atoms with E-state index < -0.39 is 0 Å². The molecular formula is C10H18N4O2. The molecule has 0 aliphatic heterocycles. The predicted octanol–water partition coefficient (Wildman–Crippen LogP) is -0.0116. The Morgan fingerprint density at radius 2 is 2.31 bits per heavy atom. The van der Waals surface area contributed by atoms with Crippen molar-refractivity contribution >= 4 is 5.91 Å². The Kier molecular flexibility index (Phi) is 4.91. The summed E-state index contributed by atoms with van der Waals surface area (Å²) in [6.45, 7) is 5.45. The van der Waals surface area contributed by atoms with Crippen molar-refractivity contribution in [2.75, 3.05) is 26.7 Å². The molecule has 0 aromatic carbocycles. The number of amides is 1. The van der Waals surface area contributed by atoms with Crippen molar-refractivity contribution in [3.8, 4) is 0 Å². The summed E-state index contributed by atoms with van der Waals surface area (Å²) in [7, 11) is 1.78. The molecule has 0 aliphatic rings. The lowest BCUT2D eigenvalue weighted by atomic mass is 10.4. The summed E-state index contributed by atoms with van der Waals surface area (Å²) in [6.07, 6.45) is 0.643. The van der Waals surface area contributed by atoms with Gasteiger partial charge in [-0.3, -0.25) is 4.79 Å². The summed E-state index contributed by atoms with van der Waals surface area (Å²) in [5.41, 5.74) is 0. The van der Waals surface area contributed by atoms with Gasteiger partial charge in [0.15, 0.2) is 5.82 Å². The van der Waals surface area contributed by atoms with Gasteiger partial charge in [0.25, 0.3) is 0 Å². The Labute approximate surface area is 95.0 Å². The van der Waals surface area contributed by atoms with E-state index in [1.807, 2.05) is 6.92 Å². The highest BCUT2D eigenvalue weighted by Crippen LogP contribution is 1.95. The van der Waals surface area contributed by atoms with Crippen molar-refractivity contribution < 1.29 is 9.32 Å². The number of carbonyl (C=O) groups is 1. The molecule has 1 aromatic heterocycles. The standard InChI is InChI=1S/C10H18N4O2/c1-4-14(3)10(15)7-11-6-5-9-12-8(2)13-16-9/h11H,4-7H2,1-3H3. The van der Waals surface area contributed by atoms with Crippen LogP contribution >= 0.6 is 0 Å². The highest BCUT2D eigenvalue weighted by Gasteiger charge is 2.06. The van der Waals surface area contributed by atoms with E-state index in [-0.39, 0.29) is 5.91 Å². The second kappa shape index (κ2) is 6.22. The normalized spacial score (nSPS) is 10.4. The largest absolute Gasteiger partial charge is 0.345 e. The zero-order chi connectivity index (χ0) is 12.0. The average molecular weight is 226 g/mol. The van der Waals surface area contributed by atoms with E-state index in [9.17, 15) is 4.79 Å². The predicted molar refractivity (Wildman–Crippen MR) is 58.9 cm³/mol. The van der Waals surface area contributed by atoms with Crippen LogP contribution in [0.25, 0.3) is 0 Å². The maximum Gasteiger partial charge on any atom is 0.236 e. The van der Waals surface area contributed by atoms with Crippen LogP contribution in [-0.2, 0) is 11.2 Å². The summed E-state index contributed by atoms with van der Waals surface area (Å²) in [5, 5.41) is 6.72. The van der Waals surface area contributed by atoms with E-state index >= 15 is 0 Å². The van der Waals surface area contributed by atoms with Crippen molar-refractivity contribution in [2.45, 2.75) is 20.3 Å². The molecule has 1 aromatic rings. The average Bonchev–Trinajstić information content (AvgIpc) is 2.69. The molecule has 1 amide bonds. The minimum atomic E-state index is 0.0872. The highest BCUT2D eigenvalue weighted by molar-refractivity contribution is 5.77. The molecule has 6 heteroatoms. The van der Waals surface area contributed by atoms with Crippen LogP contribution in [0.4, 0.5) is 0 Å². The minimum absolute atomic E-state index is 0.0872. The van der Waals surface area contributed by atoms with Gasteiger partial charge in [-0.2, -0.15) is 4.98 Å². The van der Waals surface area contributed by atoms with Crippen LogP contribution in [0, 0.1) is 6.92 Å². The third kappa shape index (κ3) is 3.98. The van der Waals surface area contributed by atoms with Crippen LogP contribution in [0.1, 0.15) is 18.6 Å². The van der Waals surface area contributed by atoms with Gasteiger partial charge in [0.2, 0.25) is 11.8 Å². The number of aromatic nitrogens is 2. The Morgan fingerprint density at radius 1 is 1.56 bits per heavy atom. The van der Waals surface area contributed by atoms with E-state index in [1.165, 1.54) is 0 Å². The molecule has 0 unspecified atom stereocenters. The maximum atomic E-state index is 11.4. The van der Waals surface area contributed by atoms with Crippen LogP contribution in [0.3, 0.4) is 0 Å². The number of hydrogen-bond acceptors (Lipinski definition) is 5. The highest BCUT2D eigenvalue weighted by atomic mass is 16.5. The summed E-state index contributed by atoms with van der Waals surface area (Å²) >= 11 is 0. The molecule has 0 saturated heterocycles. The van der Waals surface area contributed by atoms with Gasteiger partial charge < -0.3 is 14.7 Å². The number of aryl methyl sites for hydroxylation is 1. The number of nitrogens with zero attached hydrogens (tertiary/aromatic N) is 3. The zero-order valence-electron chi connectivity index (χ0n) is 9.99. The lowest BCUT2D eigenvalue weighted by Gasteiger charge is -2.14. The Hall–Kier alpha value is -1.43. The van der Waals surface area contributed by atoms with E-state index in [0.29, 0.717) is 31.2 Å². The molecule has 1 heterocycles. The fourth-order valence-corrected chi connectivity index (χ4v) is 1.14. The van der Waals surface area contributed by atoms with E-state index in [4.69, 9.17) is 4.52 Å². The van der Waals surface area contributed by atoms with Gasteiger partial charge in [0.1, 0.15) is 0 Å². The number of nitrogens with one attached hydrogen (secondary N) is 1. The van der Waals surface area contributed by atoms with Crippen molar-refractivity contribution in [1.82, 2.24) is 20.4 Å². The number of likely N-dealkylation sites (N-methyl/N-ethyl adjacent to an activating group) is 1. The van der Waals surface area contributed by atoms with E-state index in [1.54, 1.807) is 18.9 Å². The summed E-state index contributed by atoms with van der Waals surface area (Å²) in [5.74, 6) is 1.32. The molecule has 0 radical (unpaired) electrons. The Morgan fingerprint density at radius 3 is 2.88 bits per heavy atom. The SMILES string of the molecule is CCN(C)C(=O)CNCCc1nc(C)no1. The molecule has 90 valence electrons. The van der Waals surface area contributed by atoms with Crippen molar-refractivity contribution in [1.29, 1.82) is 0 Å². The van der Waals surface area contributed by atoms with Gasteiger partial charge >= 0.3 is 0 Å². The third-order valence-corrected chi connectivity index (χ3v) is 2.26. The number of carbonyl (C=O) groups excluding carboxylic acids is 1. The quantitative estimate of drug-likeness (QED) is 0.691. The van der Waals surface area contributed by atoms with Gasteiger partial charge in [-0.25, -0.2) is 0 Å². The van der Waals surface area contributed by atoms with Gasteiger partial charge in [0, 0.05) is 26.6 Å². The Balaban J connectivity index is 2.15. The lowest BCUT2D eigenvalue weighted by Crippen LogP contribution is -2.36. The third-order valence-electron chi connectivity index (χ3n) is 2.26. The van der Waals surface area contributed by atoms with Crippen LogP contribution in [0.2, 0.25) is 0 Å². The second-order valence-electron chi connectivity index (χ2n) is 3.57. The van der Waals surface area contributed by atoms with Gasteiger partial charge in [-0.1, -0.05) is 5.16 Å². The molecular weight excluding hydrogens is 208 g/mol. The van der Waals surface area contributed by atoms with Crippen LogP contribution in [0.5, 0.6) is 0 Å². The second-order valence-corrected chi connectivity index (χ2v) is 3.57. The van der Waals surface area contributed by atoms with Crippen LogP contribution in [0.15, 0.2) is 4.52 Å². The van der Waals surface area contributed by atoms with Gasteiger partial charge in [0.05, 0.1) is 6.54 Å². The minimum Gasteiger partial charge on any atom is -0.345 e. The van der Waals surface area contributed by atoms with Crippen molar-refractivity contribution in [2.24, 2.45) is 0 Å². The van der Waals surface area contributed by atoms with Gasteiger partial charge in [-0.15, -0.1) is 0 Å². The first-order valence-electron chi connectivity index (χ1n) is 5.37. The maximum absolute atomic E-state index is 11.4. The van der Waals surface area contributed by atoms with Crippen LogP contribution < -0.4 is 5.32 Å². The molecule has 1 rings (SSSR count). The monoisotopic (exact) mass is 226 g/mol. The zero-order valence-corrected chi connectivity index (χ0v) is 9.99. The van der Waals surface area contributed by atoms with Crippen molar-refractivity contribution in [3.63, 3.8) is 0 Å². The summed E-state index contributed by atoms with van der Waals surface area (Å²) in [4.78, 5) is 17.1. The first-order valence-corrected chi connectivity index (χ1v) is 5.37. The fraction of sp³-hybridized carbons (Fsp3) is 0.700. The molecule has 6 nitrogen and oxygen atoms in total. The fourth-order valence-electron chi connectivity index (χ4n) is 1.14. The summed E-state index contributed by atoms with van der Waals surface area (Å²) < 4.78 is 4.94. The molecule has 0 aliphatic carbocycles. The van der Waals surface area contributed by atoms with Gasteiger partial charge in [-0.05, 0) is 13.8 Å². The molecule has 16 heavy (non-hydrogen) atoms. The van der Waals surface area contributed by atoms with E-state index in [2.05, 4.69) is 15.5 Å². The topological polar surface area (TPSA) is 71.3 Å². The van der Waals surface area contributed by atoms with Crippen LogP contribution in [-0.4, -0.2) is 47.6 Å². The molecule has 0 spiro atoms. The molecule has 0 atom stereocenters. The first kappa shape index (κ1) is 12.6. The lowest BCUT2D eigenvalue weighted by molar-refractivity contribution is -0.128. The molecule has 1 N–H and O–H groups in total. The molecule has 0 saturated carbocycles. The molecule has 0 bridgehead atoms. The van der Waals surface area contributed by atoms with Crippen molar-refractivity contribution in [3.05, 3.63) is 11.7 Å². The first-order chi connectivity index (χ1) is 7.63. The number of hydrogen-bond donors (Lipinski definition) is 1.